The number of β-amino-alcohol motifs (C(OH)–C–C–N with tert-alkyl or cyclic N) is 1. The van der Waals surface area contributed by atoms with E-state index in [4.69, 9.17) is 5.11 Å². The van der Waals surface area contributed by atoms with E-state index in [0.717, 1.165) is 31.2 Å². The molecular formula is C12H19N3O. The standard InChI is InChI=1S/C12H19N3O/c1-10-13-5-4-12(14-10)11-3-2-6-15(9-11)7-8-16/h4-5,11,16H,2-3,6-9H2,1H3. The maximum absolute atomic E-state index is 8.95. The number of hydrogen-bond donors (Lipinski definition) is 1. The molecule has 1 unspecified atom stereocenters. The van der Waals surface area contributed by atoms with E-state index in [-0.39, 0.29) is 6.61 Å². The largest absolute Gasteiger partial charge is 0.395 e. The lowest BCUT2D eigenvalue weighted by molar-refractivity contribution is 0.160. The summed E-state index contributed by atoms with van der Waals surface area (Å²) in [6.07, 6.45) is 4.22. The van der Waals surface area contributed by atoms with Crippen LogP contribution in [0.5, 0.6) is 0 Å². The number of aryl methyl sites for hydroxylation is 1. The molecular weight excluding hydrogens is 202 g/mol. The molecule has 0 saturated carbocycles. The molecule has 0 aliphatic carbocycles. The fourth-order valence-corrected chi connectivity index (χ4v) is 2.34. The molecule has 0 bridgehead atoms. The Morgan fingerprint density at radius 1 is 1.56 bits per heavy atom. The Labute approximate surface area is 96.3 Å². The van der Waals surface area contributed by atoms with E-state index >= 15 is 0 Å². The average molecular weight is 221 g/mol. The smallest absolute Gasteiger partial charge is 0.125 e. The Morgan fingerprint density at radius 3 is 3.19 bits per heavy atom. The first-order chi connectivity index (χ1) is 7.79. The van der Waals surface area contributed by atoms with Gasteiger partial charge in [0.15, 0.2) is 0 Å². The van der Waals surface area contributed by atoms with Crippen LogP contribution >= 0.6 is 0 Å². The molecule has 1 aliphatic rings. The second-order valence-corrected chi connectivity index (χ2v) is 4.39. The van der Waals surface area contributed by atoms with E-state index in [9.17, 15) is 0 Å². The predicted octanol–water partition coefficient (Wildman–Crippen LogP) is 0.957. The molecule has 1 aliphatic heterocycles. The molecule has 4 nitrogen and oxygen atoms in total. The zero-order valence-corrected chi connectivity index (χ0v) is 9.76. The molecule has 0 amide bonds. The molecule has 1 atom stereocenters. The van der Waals surface area contributed by atoms with Gasteiger partial charge in [0.1, 0.15) is 5.82 Å². The van der Waals surface area contributed by atoms with E-state index in [1.54, 1.807) is 0 Å². The second-order valence-electron chi connectivity index (χ2n) is 4.39. The van der Waals surface area contributed by atoms with Crippen LogP contribution < -0.4 is 0 Å². The van der Waals surface area contributed by atoms with E-state index < -0.39 is 0 Å². The van der Waals surface area contributed by atoms with Crippen molar-refractivity contribution >= 4 is 0 Å². The van der Waals surface area contributed by atoms with E-state index in [1.165, 1.54) is 12.8 Å². The van der Waals surface area contributed by atoms with E-state index in [2.05, 4.69) is 14.9 Å². The zero-order chi connectivity index (χ0) is 11.4. The van der Waals surface area contributed by atoms with E-state index in [0.29, 0.717) is 5.92 Å². The molecule has 2 rings (SSSR count). The molecule has 16 heavy (non-hydrogen) atoms. The Kier molecular flexibility index (Phi) is 3.85. The number of likely N-dealkylation sites (tertiary alicyclic amines) is 1. The minimum Gasteiger partial charge on any atom is -0.395 e. The van der Waals surface area contributed by atoms with Crippen molar-refractivity contribution in [2.45, 2.75) is 25.7 Å². The fraction of sp³-hybridized carbons (Fsp3) is 0.667. The summed E-state index contributed by atoms with van der Waals surface area (Å²) in [5.41, 5.74) is 1.15. The first-order valence-electron chi connectivity index (χ1n) is 5.92. The van der Waals surface area contributed by atoms with Crippen molar-refractivity contribution in [3.63, 3.8) is 0 Å². The molecule has 0 radical (unpaired) electrons. The highest BCUT2D eigenvalue weighted by Crippen LogP contribution is 2.24. The number of hydrogen-bond acceptors (Lipinski definition) is 4. The van der Waals surface area contributed by atoms with Crippen molar-refractivity contribution in [2.75, 3.05) is 26.2 Å². The van der Waals surface area contributed by atoms with Gasteiger partial charge < -0.3 is 10.0 Å². The second kappa shape index (κ2) is 5.37. The van der Waals surface area contributed by atoms with Crippen molar-refractivity contribution in [1.82, 2.24) is 14.9 Å². The SMILES string of the molecule is Cc1nccc(C2CCCN(CCO)C2)n1. The number of aliphatic hydroxyl groups is 1. The number of nitrogens with zero attached hydrogens (tertiary/aromatic N) is 3. The Bertz CT molecular complexity index is 341. The molecule has 1 saturated heterocycles. The lowest BCUT2D eigenvalue weighted by Gasteiger charge is -2.31. The molecule has 1 aromatic rings. The highest BCUT2D eigenvalue weighted by atomic mass is 16.3. The van der Waals surface area contributed by atoms with Crippen LogP contribution in [0.3, 0.4) is 0 Å². The maximum atomic E-state index is 8.95. The van der Waals surface area contributed by atoms with Crippen molar-refractivity contribution < 1.29 is 5.11 Å². The van der Waals surface area contributed by atoms with Gasteiger partial charge in [0.2, 0.25) is 0 Å². The number of piperidine rings is 1. The molecule has 1 aromatic heterocycles. The van der Waals surface area contributed by atoms with Crippen LogP contribution in [0.1, 0.15) is 30.3 Å². The van der Waals surface area contributed by atoms with Crippen LogP contribution in [-0.4, -0.2) is 46.2 Å². The maximum Gasteiger partial charge on any atom is 0.125 e. The van der Waals surface area contributed by atoms with Crippen LogP contribution in [0.2, 0.25) is 0 Å². The quantitative estimate of drug-likeness (QED) is 0.826. The third-order valence-corrected chi connectivity index (χ3v) is 3.14. The summed E-state index contributed by atoms with van der Waals surface area (Å²) in [4.78, 5) is 10.9. The van der Waals surface area contributed by atoms with E-state index in [1.807, 2.05) is 19.2 Å². The summed E-state index contributed by atoms with van der Waals surface area (Å²) in [6.45, 7) is 5.06. The Morgan fingerprint density at radius 2 is 2.44 bits per heavy atom. The monoisotopic (exact) mass is 221 g/mol. The molecule has 0 aromatic carbocycles. The van der Waals surface area contributed by atoms with Gasteiger partial charge >= 0.3 is 0 Å². The number of rotatable bonds is 3. The van der Waals surface area contributed by atoms with Gasteiger partial charge in [-0.05, 0) is 32.4 Å². The highest BCUT2D eigenvalue weighted by molar-refractivity contribution is 5.09. The molecule has 88 valence electrons. The van der Waals surface area contributed by atoms with Gasteiger partial charge in [-0.25, -0.2) is 9.97 Å². The van der Waals surface area contributed by atoms with Crippen molar-refractivity contribution in [3.05, 3.63) is 23.8 Å². The zero-order valence-electron chi connectivity index (χ0n) is 9.76. The van der Waals surface area contributed by atoms with Crippen molar-refractivity contribution in [3.8, 4) is 0 Å². The first-order valence-corrected chi connectivity index (χ1v) is 5.92. The Balaban J connectivity index is 2.03. The van der Waals surface area contributed by atoms with Gasteiger partial charge in [0.25, 0.3) is 0 Å². The molecule has 2 heterocycles. The summed E-state index contributed by atoms with van der Waals surface area (Å²) >= 11 is 0. The van der Waals surface area contributed by atoms with Crippen molar-refractivity contribution in [2.24, 2.45) is 0 Å². The minimum absolute atomic E-state index is 0.246. The van der Waals surface area contributed by atoms with Crippen LogP contribution in [-0.2, 0) is 0 Å². The Hall–Kier alpha value is -1.00. The third-order valence-electron chi connectivity index (χ3n) is 3.14. The summed E-state index contributed by atoms with van der Waals surface area (Å²) in [5.74, 6) is 1.35. The summed E-state index contributed by atoms with van der Waals surface area (Å²) in [7, 11) is 0. The fourth-order valence-electron chi connectivity index (χ4n) is 2.34. The summed E-state index contributed by atoms with van der Waals surface area (Å²) < 4.78 is 0. The molecule has 1 fully saturated rings. The summed E-state index contributed by atoms with van der Waals surface area (Å²) in [6, 6.07) is 2.01. The van der Waals surface area contributed by atoms with Gasteiger partial charge in [0.05, 0.1) is 6.61 Å². The van der Waals surface area contributed by atoms with Crippen LogP contribution in [0, 0.1) is 6.92 Å². The van der Waals surface area contributed by atoms with Gasteiger partial charge in [-0.3, -0.25) is 0 Å². The number of aliphatic hydroxyl groups excluding tert-OH is 1. The van der Waals surface area contributed by atoms with Crippen LogP contribution in [0.4, 0.5) is 0 Å². The van der Waals surface area contributed by atoms with Crippen molar-refractivity contribution in [1.29, 1.82) is 0 Å². The third kappa shape index (κ3) is 2.77. The van der Waals surface area contributed by atoms with Gasteiger partial charge in [0, 0.05) is 30.9 Å². The number of aromatic nitrogens is 2. The average Bonchev–Trinajstić information content (AvgIpc) is 2.30. The topological polar surface area (TPSA) is 49.2 Å². The highest BCUT2D eigenvalue weighted by Gasteiger charge is 2.21. The van der Waals surface area contributed by atoms with Crippen LogP contribution in [0.15, 0.2) is 12.3 Å². The molecule has 4 heteroatoms. The minimum atomic E-state index is 0.246. The predicted molar refractivity (Wildman–Crippen MR) is 62.3 cm³/mol. The van der Waals surface area contributed by atoms with Crippen LogP contribution in [0.25, 0.3) is 0 Å². The lowest BCUT2D eigenvalue weighted by Crippen LogP contribution is -2.36. The van der Waals surface area contributed by atoms with Gasteiger partial charge in [-0.2, -0.15) is 0 Å². The molecule has 0 spiro atoms. The normalized spacial score (nSPS) is 22.2. The van der Waals surface area contributed by atoms with Gasteiger partial charge in [-0.15, -0.1) is 0 Å². The first kappa shape index (κ1) is 11.5. The molecule has 1 N–H and O–H groups in total. The van der Waals surface area contributed by atoms with Gasteiger partial charge in [-0.1, -0.05) is 0 Å². The summed E-state index contributed by atoms with van der Waals surface area (Å²) in [5, 5.41) is 8.95. The lowest BCUT2D eigenvalue weighted by atomic mass is 9.94.